The molecule has 0 spiro atoms. The van der Waals surface area contributed by atoms with Gasteiger partial charge in [-0.05, 0) is 58.3 Å². The Hall–Kier alpha value is -1.06. The molecule has 0 aliphatic heterocycles. The van der Waals surface area contributed by atoms with E-state index in [0.29, 0.717) is 24.2 Å². The zero-order chi connectivity index (χ0) is 23.1. The molecule has 0 aliphatic rings. The number of esters is 2. The average molecular weight is 427 g/mol. The van der Waals surface area contributed by atoms with Crippen molar-refractivity contribution in [2.45, 2.75) is 132 Å². The summed E-state index contributed by atoms with van der Waals surface area (Å²) in [5, 5.41) is 0. The van der Waals surface area contributed by atoms with Crippen LogP contribution in [-0.4, -0.2) is 24.1 Å². The van der Waals surface area contributed by atoms with Crippen LogP contribution >= 0.6 is 0 Å². The normalized spacial score (nSPS) is 13.9. The van der Waals surface area contributed by atoms with E-state index >= 15 is 0 Å². The molecule has 2 atom stereocenters. The van der Waals surface area contributed by atoms with Crippen LogP contribution in [0.3, 0.4) is 0 Å². The summed E-state index contributed by atoms with van der Waals surface area (Å²) < 4.78 is 10.7. The number of hydrogen-bond acceptors (Lipinski definition) is 4. The van der Waals surface area contributed by atoms with E-state index in [1.165, 1.54) is 38.5 Å². The van der Waals surface area contributed by atoms with E-state index in [1.54, 1.807) is 0 Å². The van der Waals surface area contributed by atoms with E-state index in [0.717, 1.165) is 19.3 Å². The lowest BCUT2D eigenvalue weighted by Crippen LogP contribution is -2.34. The first-order chi connectivity index (χ1) is 14.1. The minimum Gasteiger partial charge on any atom is -0.463 e. The molecule has 0 radical (unpaired) electrons. The smallest absolute Gasteiger partial charge is 0.309 e. The van der Waals surface area contributed by atoms with Crippen LogP contribution in [0.25, 0.3) is 0 Å². The first-order valence-corrected chi connectivity index (χ1v) is 12.5. The summed E-state index contributed by atoms with van der Waals surface area (Å²) in [4.78, 5) is 24.1. The van der Waals surface area contributed by atoms with Gasteiger partial charge in [-0.25, -0.2) is 0 Å². The van der Waals surface area contributed by atoms with Gasteiger partial charge in [0.25, 0.3) is 0 Å². The minimum absolute atomic E-state index is 0.00483. The Morgan fingerprint density at radius 2 is 1.07 bits per heavy atom. The number of carbonyl (C=O) groups excluding carboxylic acids is 2. The first kappa shape index (κ1) is 28.9. The van der Waals surface area contributed by atoms with Crippen molar-refractivity contribution in [1.82, 2.24) is 0 Å². The average Bonchev–Trinajstić information content (AvgIpc) is 2.60. The molecule has 0 aromatic rings. The van der Waals surface area contributed by atoms with Crippen molar-refractivity contribution >= 4 is 11.9 Å². The third-order valence-electron chi connectivity index (χ3n) is 5.70. The van der Waals surface area contributed by atoms with Gasteiger partial charge in [0.15, 0.2) is 0 Å². The fourth-order valence-corrected chi connectivity index (χ4v) is 4.21. The van der Waals surface area contributed by atoms with E-state index in [9.17, 15) is 9.59 Å². The summed E-state index contributed by atoms with van der Waals surface area (Å²) >= 11 is 0. The molecule has 0 saturated heterocycles. The van der Waals surface area contributed by atoms with Gasteiger partial charge < -0.3 is 9.47 Å². The Morgan fingerprint density at radius 3 is 1.50 bits per heavy atom. The lowest BCUT2D eigenvalue weighted by atomic mass is 9.74. The van der Waals surface area contributed by atoms with Crippen molar-refractivity contribution in [1.29, 1.82) is 0 Å². The molecular formula is C26H50O4. The Bertz CT molecular complexity index is 454. The lowest BCUT2D eigenvalue weighted by molar-refractivity contribution is -0.157. The van der Waals surface area contributed by atoms with E-state index in [4.69, 9.17) is 9.47 Å². The van der Waals surface area contributed by atoms with Crippen molar-refractivity contribution in [2.24, 2.45) is 23.7 Å². The maximum absolute atomic E-state index is 12.6. The molecule has 0 fully saturated rings. The molecule has 4 heteroatoms. The summed E-state index contributed by atoms with van der Waals surface area (Å²) in [7, 11) is 0. The van der Waals surface area contributed by atoms with Gasteiger partial charge in [-0.2, -0.15) is 0 Å². The molecule has 0 heterocycles. The Balaban J connectivity index is 4.06. The van der Waals surface area contributed by atoms with Crippen molar-refractivity contribution in [2.75, 3.05) is 0 Å². The molecule has 2 unspecified atom stereocenters. The zero-order valence-electron chi connectivity index (χ0n) is 21.2. The molecule has 0 saturated carbocycles. The number of carbonyl (C=O) groups is 2. The fourth-order valence-electron chi connectivity index (χ4n) is 4.21. The third-order valence-corrected chi connectivity index (χ3v) is 5.70. The highest BCUT2D eigenvalue weighted by Gasteiger charge is 2.34. The topological polar surface area (TPSA) is 52.6 Å². The van der Waals surface area contributed by atoms with Crippen LogP contribution in [-0.2, 0) is 19.1 Å². The summed E-state index contributed by atoms with van der Waals surface area (Å²) in [5.74, 6) is 1.09. The number of hydrogen-bond donors (Lipinski definition) is 0. The molecule has 0 amide bonds. The zero-order valence-corrected chi connectivity index (χ0v) is 21.2. The predicted molar refractivity (Wildman–Crippen MR) is 125 cm³/mol. The van der Waals surface area contributed by atoms with Crippen LogP contribution in [0.5, 0.6) is 0 Å². The quantitative estimate of drug-likeness (QED) is 0.180. The van der Waals surface area contributed by atoms with Gasteiger partial charge >= 0.3 is 11.9 Å². The highest BCUT2D eigenvalue weighted by molar-refractivity contribution is 5.73. The Morgan fingerprint density at radius 1 is 0.600 bits per heavy atom. The molecular weight excluding hydrogens is 376 g/mol. The molecule has 0 N–H and O–H groups in total. The summed E-state index contributed by atoms with van der Waals surface area (Å²) in [6.45, 7) is 16.4. The van der Waals surface area contributed by atoms with Gasteiger partial charge in [-0.1, -0.05) is 72.6 Å². The Labute approximate surface area is 186 Å². The SMILES string of the molecule is CC(C)OC(=O)CCCCCCCCCCC(C(C)C)C(C(=O)OC(C)C)C(C)C. The van der Waals surface area contributed by atoms with Gasteiger partial charge in [0, 0.05) is 6.42 Å². The molecule has 30 heavy (non-hydrogen) atoms. The summed E-state index contributed by atoms with van der Waals surface area (Å²) in [6, 6.07) is 0. The number of ether oxygens (including phenoxy) is 2. The van der Waals surface area contributed by atoms with E-state index in [-0.39, 0.29) is 30.1 Å². The van der Waals surface area contributed by atoms with Crippen LogP contribution in [0.15, 0.2) is 0 Å². The molecule has 0 aromatic carbocycles. The van der Waals surface area contributed by atoms with Gasteiger partial charge in [-0.3, -0.25) is 9.59 Å². The highest BCUT2D eigenvalue weighted by atomic mass is 16.5. The van der Waals surface area contributed by atoms with Crippen LogP contribution in [0.1, 0.15) is 120 Å². The summed E-state index contributed by atoms with van der Waals surface area (Å²) in [6.07, 6.45) is 11.0. The fraction of sp³-hybridized carbons (Fsp3) is 0.923. The molecule has 178 valence electrons. The maximum atomic E-state index is 12.6. The Kier molecular flexibility index (Phi) is 16.0. The second-order valence-electron chi connectivity index (χ2n) is 10.1. The lowest BCUT2D eigenvalue weighted by Gasteiger charge is -2.32. The van der Waals surface area contributed by atoms with Gasteiger partial charge in [0.1, 0.15) is 0 Å². The maximum Gasteiger partial charge on any atom is 0.309 e. The molecule has 0 bridgehead atoms. The van der Waals surface area contributed by atoms with Crippen molar-refractivity contribution in [3.63, 3.8) is 0 Å². The second kappa shape index (κ2) is 16.6. The highest BCUT2D eigenvalue weighted by Crippen LogP contribution is 2.33. The predicted octanol–water partition coefficient (Wildman–Crippen LogP) is 7.34. The van der Waals surface area contributed by atoms with Crippen molar-refractivity contribution in [3.8, 4) is 0 Å². The molecule has 0 rings (SSSR count). The van der Waals surface area contributed by atoms with Gasteiger partial charge in [0.2, 0.25) is 0 Å². The van der Waals surface area contributed by atoms with E-state index in [2.05, 4.69) is 27.7 Å². The monoisotopic (exact) mass is 426 g/mol. The molecule has 0 aliphatic carbocycles. The second-order valence-corrected chi connectivity index (χ2v) is 10.1. The molecule has 4 nitrogen and oxygen atoms in total. The van der Waals surface area contributed by atoms with Crippen molar-refractivity contribution in [3.05, 3.63) is 0 Å². The van der Waals surface area contributed by atoms with E-state index < -0.39 is 0 Å². The summed E-state index contributed by atoms with van der Waals surface area (Å²) in [5.41, 5.74) is 0. The van der Waals surface area contributed by atoms with Crippen LogP contribution < -0.4 is 0 Å². The van der Waals surface area contributed by atoms with E-state index in [1.807, 2.05) is 27.7 Å². The third kappa shape index (κ3) is 14.0. The number of rotatable bonds is 17. The standard InChI is InChI=1S/C26H50O4/c1-19(2)23(25(20(3)4)26(28)30-22(7)8)17-15-13-11-9-10-12-14-16-18-24(27)29-21(5)6/h19-23,25H,9-18H2,1-8H3. The largest absolute Gasteiger partial charge is 0.463 e. The van der Waals surface area contributed by atoms with Crippen LogP contribution in [0, 0.1) is 23.7 Å². The number of unbranched alkanes of at least 4 members (excludes halogenated alkanes) is 7. The van der Waals surface area contributed by atoms with Crippen LogP contribution in [0.2, 0.25) is 0 Å². The van der Waals surface area contributed by atoms with Crippen molar-refractivity contribution < 1.29 is 19.1 Å². The van der Waals surface area contributed by atoms with Gasteiger partial charge in [-0.15, -0.1) is 0 Å². The van der Waals surface area contributed by atoms with Crippen LogP contribution in [0.4, 0.5) is 0 Å². The molecule has 0 aromatic heterocycles. The van der Waals surface area contributed by atoms with Gasteiger partial charge in [0.05, 0.1) is 18.1 Å². The first-order valence-electron chi connectivity index (χ1n) is 12.5. The minimum atomic E-state index is -0.0679.